The fourth-order valence-electron chi connectivity index (χ4n) is 3.43. The van der Waals surface area contributed by atoms with Gasteiger partial charge in [0, 0.05) is 44.9 Å². The summed E-state index contributed by atoms with van der Waals surface area (Å²) in [5.74, 6) is 2.05. The SMILES string of the molecule is CCNC(=NCC(CCO)CC(C)C)NC1CCN(C(C)C)CC1. The second-order valence-corrected chi connectivity index (χ2v) is 7.78. The number of rotatable bonds is 9. The summed E-state index contributed by atoms with van der Waals surface area (Å²) in [5.41, 5.74) is 0. The molecule has 0 amide bonds. The van der Waals surface area contributed by atoms with Crippen LogP contribution in [0.1, 0.15) is 60.3 Å². The molecule has 1 aliphatic rings. The maximum atomic E-state index is 9.26. The highest BCUT2D eigenvalue weighted by molar-refractivity contribution is 5.80. The van der Waals surface area contributed by atoms with Crippen molar-refractivity contribution in [3.8, 4) is 0 Å². The smallest absolute Gasteiger partial charge is 0.191 e. The standard InChI is InChI=1S/C19H40N4O/c1-6-20-19(21-14-17(9-12-24)13-15(2)3)22-18-7-10-23(11-8-18)16(4)5/h15-18,24H,6-14H2,1-5H3,(H2,20,21,22). The van der Waals surface area contributed by atoms with E-state index in [1.807, 2.05) is 0 Å². The van der Waals surface area contributed by atoms with E-state index in [9.17, 15) is 5.11 Å². The van der Waals surface area contributed by atoms with Crippen molar-refractivity contribution in [1.82, 2.24) is 15.5 Å². The largest absolute Gasteiger partial charge is 0.396 e. The average Bonchev–Trinajstić information content (AvgIpc) is 2.53. The Balaban J connectivity index is 2.52. The first-order valence-electron chi connectivity index (χ1n) is 9.85. The number of aliphatic hydroxyl groups excluding tert-OH is 1. The van der Waals surface area contributed by atoms with Crippen molar-refractivity contribution in [2.24, 2.45) is 16.8 Å². The molecule has 142 valence electrons. The Morgan fingerprint density at radius 2 is 1.88 bits per heavy atom. The van der Waals surface area contributed by atoms with Crippen molar-refractivity contribution in [2.45, 2.75) is 72.4 Å². The number of hydrogen-bond donors (Lipinski definition) is 3. The van der Waals surface area contributed by atoms with Crippen LogP contribution in [0.3, 0.4) is 0 Å². The molecule has 1 heterocycles. The van der Waals surface area contributed by atoms with Gasteiger partial charge in [-0.05, 0) is 58.3 Å². The van der Waals surface area contributed by atoms with E-state index in [4.69, 9.17) is 4.99 Å². The van der Waals surface area contributed by atoms with Crippen molar-refractivity contribution in [3.05, 3.63) is 0 Å². The third-order valence-corrected chi connectivity index (χ3v) is 4.79. The van der Waals surface area contributed by atoms with Crippen LogP contribution in [0.5, 0.6) is 0 Å². The summed E-state index contributed by atoms with van der Waals surface area (Å²) in [6.07, 6.45) is 4.31. The maximum absolute atomic E-state index is 9.26. The van der Waals surface area contributed by atoms with Gasteiger partial charge in [0.2, 0.25) is 0 Å². The van der Waals surface area contributed by atoms with Gasteiger partial charge in [-0.3, -0.25) is 4.99 Å². The van der Waals surface area contributed by atoms with E-state index in [-0.39, 0.29) is 6.61 Å². The van der Waals surface area contributed by atoms with Crippen molar-refractivity contribution in [1.29, 1.82) is 0 Å². The Bertz CT molecular complexity index is 349. The lowest BCUT2D eigenvalue weighted by atomic mass is 9.94. The highest BCUT2D eigenvalue weighted by Crippen LogP contribution is 2.16. The average molecular weight is 341 g/mol. The zero-order valence-electron chi connectivity index (χ0n) is 16.5. The van der Waals surface area contributed by atoms with E-state index in [1.165, 1.54) is 12.8 Å². The van der Waals surface area contributed by atoms with Crippen LogP contribution in [0.25, 0.3) is 0 Å². The summed E-state index contributed by atoms with van der Waals surface area (Å²) >= 11 is 0. The number of piperidine rings is 1. The van der Waals surface area contributed by atoms with Gasteiger partial charge in [-0.1, -0.05) is 13.8 Å². The normalized spacial score (nSPS) is 19.1. The Labute approximate surface area is 149 Å². The third-order valence-electron chi connectivity index (χ3n) is 4.79. The second-order valence-electron chi connectivity index (χ2n) is 7.78. The summed E-state index contributed by atoms with van der Waals surface area (Å²) in [5, 5.41) is 16.3. The van der Waals surface area contributed by atoms with Crippen LogP contribution in [0.15, 0.2) is 4.99 Å². The minimum atomic E-state index is 0.255. The van der Waals surface area contributed by atoms with Crippen LogP contribution >= 0.6 is 0 Å². The van der Waals surface area contributed by atoms with Gasteiger partial charge in [-0.2, -0.15) is 0 Å². The predicted molar refractivity (Wildman–Crippen MR) is 103 cm³/mol. The lowest BCUT2D eigenvalue weighted by Crippen LogP contribution is -2.50. The Morgan fingerprint density at radius 1 is 1.21 bits per heavy atom. The molecule has 24 heavy (non-hydrogen) atoms. The highest BCUT2D eigenvalue weighted by Gasteiger charge is 2.21. The first kappa shape index (κ1) is 21.2. The molecule has 1 saturated heterocycles. The third kappa shape index (κ3) is 8.34. The predicted octanol–water partition coefficient (Wildman–Crippen LogP) is 2.46. The van der Waals surface area contributed by atoms with Crippen molar-refractivity contribution >= 4 is 5.96 Å². The van der Waals surface area contributed by atoms with E-state index in [2.05, 4.69) is 50.2 Å². The number of likely N-dealkylation sites (tertiary alicyclic amines) is 1. The van der Waals surface area contributed by atoms with Gasteiger partial charge in [-0.25, -0.2) is 0 Å². The van der Waals surface area contributed by atoms with Gasteiger partial charge in [-0.15, -0.1) is 0 Å². The van der Waals surface area contributed by atoms with Crippen LogP contribution in [-0.4, -0.2) is 60.8 Å². The van der Waals surface area contributed by atoms with Gasteiger partial charge in [0.25, 0.3) is 0 Å². The van der Waals surface area contributed by atoms with Crippen LogP contribution in [0, 0.1) is 11.8 Å². The Morgan fingerprint density at radius 3 is 2.38 bits per heavy atom. The number of nitrogens with one attached hydrogen (secondary N) is 2. The maximum Gasteiger partial charge on any atom is 0.191 e. The summed E-state index contributed by atoms with van der Waals surface area (Å²) in [7, 11) is 0. The van der Waals surface area contributed by atoms with Crippen molar-refractivity contribution in [2.75, 3.05) is 32.8 Å². The molecule has 0 aromatic rings. The molecule has 3 N–H and O–H groups in total. The van der Waals surface area contributed by atoms with Gasteiger partial charge < -0.3 is 20.6 Å². The number of guanidine groups is 1. The van der Waals surface area contributed by atoms with Crippen molar-refractivity contribution in [3.63, 3.8) is 0 Å². The molecule has 5 heteroatoms. The molecule has 0 aromatic heterocycles. The first-order chi connectivity index (χ1) is 11.5. The van der Waals surface area contributed by atoms with Gasteiger partial charge in [0.05, 0.1) is 0 Å². The summed E-state index contributed by atoms with van der Waals surface area (Å²) in [6, 6.07) is 1.15. The van der Waals surface area contributed by atoms with Crippen LogP contribution < -0.4 is 10.6 Å². The fourth-order valence-corrected chi connectivity index (χ4v) is 3.43. The number of nitrogens with zero attached hydrogens (tertiary/aromatic N) is 2. The van der Waals surface area contributed by atoms with Crippen LogP contribution in [-0.2, 0) is 0 Å². The molecular weight excluding hydrogens is 300 g/mol. The van der Waals surface area contributed by atoms with Gasteiger partial charge >= 0.3 is 0 Å². The molecule has 5 nitrogen and oxygen atoms in total. The lowest BCUT2D eigenvalue weighted by Gasteiger charge is -2.35. The molecule has 0 saturated carbocycles. The molecule has 1 unspecified atom stereocenters. The highest BCUT2D eigenvalue weighted by atomic mass is 16.3. The lowest BCUT2D eigenvalue weighted by molar-refractivity contribution is 0.167. The first-order valence-corrected chi connectivity index (χ1v) is 9.85. The van der Waals surface area contributed by atoms with Gasteiger partial charge in [0.1, 0.15) is 0 Å². The zero-order valence-corrected chi connectivity index (χ0v) is 16.5. The molecule has 1 rings (SSSR count). The van der Waals surface area contributed by atoms with E-state index < -0.39 is 0 Å². The molecule has 0 aliphatic carbocycles. The van der Waals surface area contributed by atoms with Crippen molar-refractivity contribution < 1.29 is 5.11 Å². The second kappa shape index (κ2) is 11.7. The minimum absolute atomic E-state index is 0.255. The van der Waals surface area contributed by atoms with Crippen LogP contribution in [0.2, 0.25) is 0 Å². The summed E-state index contributed by atoms with van der Waals surface area (Å²) in [4.78, 5) is 7.35. The van der Waals surface area contributed by atoms with Gasteiger partial charge in [0.15, 0.2) is 5.96 Å². The summed E-state index contributed by atoms with van der Waals surface area (Å²) in [6.45, 7) is 15.4. The minimum Gasteiger partial charge on any atom is -0.396 e. The zero-order chi connectivity index (χ0) is 17.9. The van der Waals surface area contributed by atoms with E-state index >= 15 is 0 Å². The van der Waals surface area contributed by atoms with Crippen LogP contribution in [0.4, 0.5) is 0 Å². The molecule has 0 spiro atoms. The fraction of sp³-hybridized carbons (Fsp3) is 0.947. The molecule has 1 aliphatic heterocycles. The monoisotopic (exact) mass is 340 g/mol. The molecule has 1 atom stereocenters. The number of aliphatic imine (C=N–C) groups is 1. The van der Waals surface area contributed by atoms with E-state index in [0.29, 0.717) is 23.9 Å². The van der Waals surface area contributed by atoms with E-state index in [1.54, 1.807) is 0 Å². The number of aliphatic hydroxyl groups is 1. The van der Waals surface area contributed by atoms with E-state index in [0.717, 1.165) is 45.0 Å². The number of hydrogen-bond acceptors (Lipinski definition) is 3. The summed E-state index contributed by atoms with van der Waals surface area (Å²) < 4.78 is 0. The topological polar surface area (TPSA) is 59.9 Å². The Hall–Kier alpha value is -0.810. The molecular formula is C19H40N4O. The molecule has 0 radical (unpaired) electrons. The molecule has 1 fully saturated rings. The Kier molecular flexibility index (Phi) is 10.3. The quantitative estimate of drug-likeness (QED) is 0.446. The molecule has 0 aromatic carbocycles. The molecule has 0 bridgehead atoms.